The molecule has 1 amide bonds. The van der Waals surface area contributed by atoms with Crippen LogP contribution in [0.3, 0.4) is 0 Å². The van der Waals surface area contributed by atoms with Crippen molar-refractivity contribution in [2.24, 2.45) is 5.11 Å². The van der Waals surface area contributed by atoms with Gasteiger partial charge in [0.15, 0.2) is 0 Å². The Hall–Kier alpha value is -2.98. The fourth-order valence-electron chi connectivity index (χ4n) is 3.68. The maximum absolute atomic E-state index is 12.5. The van der Waals surface area contributed by atoms with Gasteiger partial charge in [-0.25, -0.2) is 4.79 Å². The molecule has 0 saturated heterocycles. The Morgan fingerprint density at radius 3 is 2.18 bits per heavy atom. The zero-order valence-corrected chi connectivity index (χ0v) is 15.9. The number of rotatable bonds is 8. The smallest absolute Gasteiger partial charge is 0.407 e. The molecule has 1 saturated carbocycles. The Bertz CT molecular complexity index is 785. The van der Waals surface area contributed by atoms with E-state index in [-0.39, 0.29) is 12.1 Å². The highest BCUT2D eigenvalue weighted by Crippen LogP contribution is 2.21. The Labute approximate surface area is 165 Å². The molecule has 0 aliphatic heterocycles. The van der Waals surface area contributed by atoms with Gasteiger partial charge in [0.25, 0.3) is 0 Å². The van der Waals surface area contributed by atoms with Crippen LogP contribution in [0.2, 0.25) is 0 Å². The van der Waals surface area contributed by atoms with E-state index in [0.717, 1.165) is 36.8 Å². The SMILES string of the molecule is [N-]=[N+]=N[C@H](Cc1ccccc1)[C@@H](Cc1ccccc1)NC(=O)OC1CCCC1. The van der Waals surface area contributed by atoms with Crippen molar-refractivity contribution < 1.29 is 9.53 Å². The Balaban J connectivity index is 1.75. The normalized spacial score (nSPS) is 16.0. The first kappa shape index (κ1) is 19.8. The molecule has 0 unspecified atom stereocenters. The van der Waals surface area contributed by atoms with E-state index in [1.165, 1.54) is 0 Å². The summed E-state index contributed by atoms with van der Waals surface area (Å²) >= 11 is 0. The predicted octanol–water partition coefficient (Wildman–Crippen LogP) is 5.19. The molecule has 1 N–H and O–H groups in total. The lowest BCUT2D eigenvalue weighted by atomic mass is 9.95. The maximum Gasteiger partial charge on any atom is 0.407 e. The zero-order chi connectivity index (χ0) is 19.6. The summed E-state index contributed by atoms with van der Waals surface area (Å²) in [6, 6.07) is 19.0. The van der Waals surface area contributed by atoms with E-state index in [2.05, 4.69) is 15.3 Å². The first-order valence-corrected chi connectivity index (χ1v) is 9.84. The summed E-state index contributed by atoms with van der Waals surface area (Å²) < 4.78 is 5.57. The molecule has 1 aliphatic rings. The van der Waals surface area contributed by atoms with Gasteiger partial charge >= 0.3 is 6.09 Å². The van der Waals surface area contributed by atoms with Crippen molar-refractivity contribution in [1.29, 1.82) is 0 Å². The van der Waals surface area contributed by atoms with Crippen molar-refractivity contribution in [3.63, 3.8) is 0 Å². The van der Waals surface area contributed by atoms with Crippen LogP contribution >= 0.6 is 0 Å². The number of hydrogen-bond acceptors (Lipinski definition) is 3. The van der Waals surface area contributed by atoms with E-state index in [9.17, 15) is 4.79 Å². The van der Waals surface area contributed by atoms with Crippen molar-refractivity contribution >= 4 is 6.09 Å². The highest BCUT2D eigenvalue weighted by atomic mass is 16.6. The zero-order valence-electron chi connectivity index (χ0n) is 15.9. The molecule has 0 radical (unpaired) electrons. The second-order valence-electron chi connectivity index (χ2n) is 7.21. The van der Waals surface area contributed by atoms with Crippen molar-refractivity contribution in [3.05, 3.63) is 82.2 Å². The monoisotopic (exact) mass is 378 g/mol. The van der Waals surface area contributed by atoms with E-state index in [4.69, 9.17) is 10.3 Å². The number of nitrogens with zero attached hydrogens (tertiary/aromatic N) is 3. The van der Waals surface area contributed by atoms with Crippen molar-refractivity contribution in [3.8, 4) is 0 Å². The highest BCUT2D eigenvalue weighted by molar-refractivity contribution is 5.68. The average molecular weight is 378 g/mol. The summed E-state index contributed by atoms with van der Waals surface area (Å²) in [5.41, 5.74) is 11.2. The molecule has 0 spiro atoms. The van der Waals surface area contributed by atoms with E-state index < -0.39 is 12.1 Å². The summed E-state index contributed by atoms with van der Waals surface area (Å²) in [6.07, 6.45) is 4.70. The Morgan fingerprint density at radius 2 is 1.61 bits per heavy atom. The van der Waals surface area contributed by atoms with E-state index in [1.54, 1.807) is 0 Å². The first-order valence-electron chi connectivity index (χ1n) is 9.84. The number of azide groups is 1. The number of alkyl carbamates (subject to hydrolysis) is 1. The number of hydrogen-bond donors (Lipinski definition) is 1. The minimum absolute atomic E-state index is 0.00980. The number of carbonyl (C=O) groups excluding carboxylic acids is 1. The van der Waals surface area contributed by atoms with Gasteiger partial charge in [0, 0.05) is 11.0 Å². The number of carbonyl (C=O) groups is 1. The van der Waals surface area contributed by atoms with Crippen LogP contribution in [0.1, 0.15) is 36.8 Å². The molecule has 1 aliphatic carbocycles. The third-order valence-electron chi connectivity index (χ3n) is 5.13. The molecule has 1 fully saturated rings. The third kappa shape index (κ3) is 6.03. The molecule has 2 aromatic rings. The van der Waals surface area contributed by atoms with E-state index in [0.29, 0.717) is 12.8 Å². The number of nitrogens with one attached hydrogen (secondary N) is 1. The van der Waals surface area contributed by atoms with Crippen LogP contribution in [-0.4, -0.2) is 24.3 Å². The Kier molecular flexibility index (Phi) is 7.33. The molecule has 2 aromatic carbocycles. The second-order valence-corrected chi connectivity index (χ2v) is 7.21. The minimum atomic E-state index is -0.431. The van der Waals surface area contributed by atoms with Gasteiger partial charge in [-0.15, -0.1) is 0 Å². The van der Waals surface area contributed by atoms with E-state index in [1.807, 2.05) is 60.7 Å². The molecule has 146 valence electrons. The van der Waals surface area contributed by atoms with Gasteiger partial charge in [-0.3, -0.25) is 0 Å². The molecule has 0 bridgehead atoms. The van der Waals surface area contributed by atoms with Gasteiger partial charge in [0.2, 0.25) is 0 Å². The molecule has 6 nitrogen and oxygen atoms in total. The summed E-state index contributed by atoms with van der Waals surface area (Å²) in [7, 11) is 0. The second kappa shape index (κ2) is 10.4. The topological polar surface area (TPSA) is 87.1 Å². The number of amides is 1. The first-order chi connectivity index (χ1) is 13.7. The van der Waals surface area contributed by atoms with Crippen LogP contribution in [-0.2, 0) is 17.6 Å². The third-order valence-corrected chi connectivity index (χ3v) is 5.13. The summed E-state index contributed by atoms with van der Waals surface area (Å²) in [4.78, 5) is 15.5. The molecule has 3 rings (SSSR count). The number of ether oxygens (including phenoxy) is 1. The quantitative estimate of drug-likeness (QED) is 0.389. The van der Waals surface area contributed by atoms with Crippen LogP contribution in [0, 0.1) is 0 Å². The molecule has 0 heterocycles. The molecule has 0 aromatic heterocycles. The fraction of sp³-hybridized carbons (Fsp3) is 0.409. The lowest BCUT2D eigenvalue weighted by molar-refractivity contribution is 0.0966. The standard InChI is InChI=1S/C22H26N4O2/c23-26-25-21(16-18-11-5-2-6-12-18)20(15-17-9-3-1-4-10-17)24-22(27)28-19-13-7-8-14-19/h1-6,9-12,19-21H,7-8,13-16H2,(H,24,27)/t20-,21-/m1/s1. The average Bonchev–Trinajstić information content (AvgIpc) is 3.22. The van der Waals surface area contributed by atoms with Crippen molar-refractivity contribution in [1.82, 2.24) is 5.32 Å². The Morgan fingerprint density at radius 1 is 1.04 bits per heavy atom. The lowest BCUT2D eigenvalue weighted by Crippen LogP contribution is -2.45. The van der Waals surface area contributed by atoms with Crippen molar-refractivity contribution in [2.75, 3.05) is 0 Å². The summed E-state index contributed by atoms with van der Waals surface area (Å²) in [6.45, 7) is 0. The van der Waals surface area contributed by atoms with Crippen molar-refractivity contribution in [2.45, 2.75) is 56.7 Å². The molecule has 6 heteroatoms. The predicted molar refractivity (Wildman–Crippen MR) is 109 cm³/mol. The van der Waals surface area contributed by atoms with Gasteiger partial charge in [-0.2, -0.15) is 0 Å². The number of benzene rings is 2. The fourth-order valence-corrected chi connectivity index (χ4v) is 3.68. The molecular formula is C22H26N4O2. The van der Waals surface area contributed by atoms with E-state index >= 15 is 0 Å². The van der Waals surface area contributed by atoms with Crippen LogP contribution < -0.4 is 5.32 Å². The van der Waals surface area contributed by atoms with Gasteiger partial charge in [0.05, 0.1) is 6.04 Å². The summed E-state index contributed by atoms with van der Waals surface area (Å²) in [5.74, 6) is 0. The lowest BCUT2D eigenvalue weighted by Gasteiger charge is -2.25. The van der Waals surface area contributed by atoms with Crippen LogP contribution in [0.25, 0.3) is 10.4 Å². The minimum Gasteiger partial charge on any atom is -0.446 e. The molecular weight excluding hydrogens is 352 g/mol. The van der Waals surface area contributed by atoms with Gasteiger partial charge in [0.1, 0.15) is 6.10 Å². The largest absolute Gasteiger partial charge is 0.446 e. The molecule has 2 atom stereocenters. The van der Waals surface area contributed by atoms with Crippen LogP contribution in [0.4, 0.5) is 4.79 Å². The summed E-state index contributed by atoms with van der Waals surface area (Å²) in [5, 5.41) is 6.98. The maximum atomic E-state index is 12.5. The van der Waals surface area contributed by atoms with Crippen LogP contribution in [0.15, 0.2) is 65.8 Å². The van der Waals surface area contributed by atoms with Gasteiger partial charge in [-0.05, 0) is 55.2 Å². The highest BCUT2D eigenvalue weighted by Gasteiger charge is 2.26. The molecule has 28 heavy (non-hydrogen) atoms. The van der Waals surface area contributed by atoms with Crippen LogP contribution in [0.5, 0.6) is 0 Å². The van der Waals surface area contributed by atoms with Gasteiger partial charge < -0.3 is 10.1 Å². The van der Waals surface area contributed by atoms with Gasteiger partial charge in [-0.1, -0.05) is 65.8 Å².